The maximum atomic E-state index is 11.8. The van der Waals surface area contributed by atoms with Crippen molar-refractivity contribution < 1.29 is 9.90 Å². The maximum Gasteiger partial charge on any atom is 0.237 e. The number of nitrogens with one attached hydrogen (secondary N) is 1. The number of aliphatic hydroxyl groups is 1. The van der Waals surface area contributed by atoms with Crippen molar-refractivity contribution in [1.82, 2.24) is 10.2 Å². The first-order valence-electron chi connectivity index (χ1n) is 5.72. The average Bonchev–Trinajstić information content (AvgIpc) is 2.24. The molecule has 0 aromatic rings. The molecule has 0 saturated carbocycles. The predicted octanol–water partition coefficient (Wildman–Crippen LogP) is 0.604. The molecule has 0 spiro atoms. The molecule has 0 heterocycles. The number of amides is 1. The lowest BCUT2D eigenvalue weighted by atomic mass is 10.2. The van der Waals surface area contributed by atoms with E-state index in [9.17, 15) is 4.79 Å². The van der Waals surface area contributed by atoms with E-state index in [2.05, 4.69) is 5.32 Å². The largest absolute Gasteiger partial charge is 0.395 e. The fourth-order valence-corrected chi connectivity index (χ4v) is 1.39. The number of carbonyl (C=O) groups is 1. The Labute approximate surface area is 92.7 Å². The van der Waals surface area contributed by atoms with Crippen molar-refractivity contribution in [3.05, 3.63) is 0 Å². The van der Waals surface area contributed by atoms with Crippen LogP contribution >= 0.6 is 0 Å². The fourth-order valence-electron chi connectivity index (χ4n) is 1.39. The van der Waals surface area contributed by atoms with Crippen molar-refractivity contribution in [2.24, 2.45) is 0 Å². The Bertz CT molecular complexity index is 185. The van der Waals surface area contributed by atoms with Gasteiger partial charge < -0.3 is 10.4 Å². The number of hydrogen-bond donors (Lipinski definition) is 2. The molecule has 0 aliphatic heterocycles. The smallest absolute Gasteiger partial charge is 0.237 e. The van der Waals surface area contributed by atoms with Crippen molar-refractivity contribution in [2.45, 2.75) is 46.2 Å². The molecule has 0 radical (unpaired) electrons. The summed E-state index contributed by atoms with van der Waals surface area (Å²) in [7, 11) is 0. The van der Waals surface area contributed by atoms with Gasteiger partial charge in [0.15, 0.2) is 0 Å². The monoisotopic (exact) mass is 216 g/mol. The molecule has 0 aromatic heterocycles. The first-order valence-corrected chi connectivity index (χ1v) is 5.72. The molecule has 90 valence electrons. The van der Waals surface area contributed by atoms with Crippen LogP contribution in [0.2, 0.25) is 0 Å². The van der Waals surface area contributed by atoms with E-state index in [1.165, 1.54) is 0 Å². The third kappa shape index (κ3) is 5.14. The number of hydrogen-bond acceptors (Lipinski definition) is 3. The van der Waals surface area contributed by atoms with Crippen LogP contribution in [0, 0.1) is 0 Å². The molecule has 0 saturated heterocycles. The van der Waals surface area contributed by atoms with Crippen LogP contribution in [-0.4, -0.2) is 47.7 Å². The molecule has 4 nitrogen and oxygen atoms in total. The molecule has 15 heavy (non-hydrogen) atoms. The van der Waals surface area contributed by atoms with Crippen LogP contribution in [0.4, 0.5) is 0 Å². The molecule has 0 aromatic carbocycles. The molecular formula is C11H24N2O2. The molecule has 2 atom stereocenters. The molecule has 1 amide bonds. The lowest BCUT2D eigenvalue weighted by Crippen LogP contribution is -2.48. The maximum absolute atomic E-state index is 11.8. The molecule has 0 aliphatic carbocycles. The zero-order valence-corrected chi connectivity index (χ0v) is 10.3. The first-order chi connectivity index (χ1) is 7.06. The van der Waals surface area contributed by atoms with E-state index < -0.39 is 0 Å². The quantitative estimate of drug-likeness (QED) is 0.655. The Hall–Kier alpha value is -0.610. The zero-order valence-electron chi connectivity index (χ0n) is 10.3. The Kier molecular flexibility index (Phi) is 7.34. The molecule has 0 bridgehead atoms. The fraction of sp³-hybridized carbons (Fsp3) is 0.909. The second-order valence-corrected chi connectivity index (χ2v) is 3.85. The minimum Gasteiger partial charge on any atom is -0.395 e. The highest BCUT2D eigenvalue weighted by molar-refractivity contribution is 5.81. The highest BCUT2D eigenvalue weighted by Crippen LogP contribution is 1.99. The van der Waals surface area contributed by atoms with Crippen LogP contribution in [0.15, 0.2) is 0 Å². The predicted molar refractivity (Wildman–Crippen MR) is 61.7 cm³/mol. The third-order valence-electron chi connectivity index (χ3n) is 2.72. The van der Waals surface area contributed by atoms with Crippen molar-refractivity contribution in [3.8, 4) is 0 Å². The van der Waals surface area contributed by atoms with E-state index in [4.69, 9.17) is 5.11 Å². The zero-order chi connectivity index (χ0) is 11.8. The van der Waals surface area contributed by atoms with Crippen LogP contribution in [-0.2, 0) is 4.79 Å². The summed E-state index contributed by atoms with van der Waals surface area (Å²) < 4.78 is 0. The van der Waals surface area contributed by atoms with Gasteiger partial charge in [-0.1, -0.05) is 13.8 Å². The lowest BCUT2D eigenvalue weighted by molar-refractivity contribution is -0.126. The number of nitrogens with zero attached hydrogens (tertiary/aromatic N) is 1. The van der Waals surface area contributed by atoms with E-state index in [-0.39, 0.29) is 24.6 Å². The molecular weight excluding hydrogens is 192 g/mol. The van der Waals surface area contributed by atoms with Crippen LogP contribution < -0.4 is 5.32 Å². The normalized spacial score (nSPS) is 15.1. The van der Waals surface area contributed by atoms with E-state index in [0.29, 0.717) is 6.54 Å². The lowest BCUT2D eigenvalue weighted by Gasteiger charge is -2.27. The van der Waals surface area contributed by atoms with E-state index in [1.807, 2.05) is 32.6 Å². The van der Waals surface area contributed by atoms with E-state index in [0.717, 1.165) is 13.0 Å². The highest BCUT2D eigenvalue weighted by Gasteiger charge is 2.20. The van der Waals surface area contributed by atoms with Crippen molar-refractivity contribution in [3.63, 3.8) is 0 Å². The summed E-state index contributed by atoms with van der Waals surface area (Å²) in [5.41, 5.74) is 0. The minimum atomic E-state index is -0.170. The Morgan fingerprint density at radius 3 is 2.40 bits per heavy atom. The van der Waals surface area contributed by atoms with Crippen LogP contribution in [0.3, 0.4) is 0 Å². The number of rotatable bonds is 7. The van der Waals surface area contributed by atoms with Gasteiger partial charge >= 0.3 is 0 Å². The van der Waals surface area contributed by atoms with E-state index in [1.54, 1.807) is 0 Å². The molecule has 0 rings (SSSR count). The average molecular weight is 216 g/mol. The molecule has 0 fully saturated rings. The summed E-state index contributed by atoms with van der Waals surface area (Å²) in [6, 6.07) is 0.0453. The van der Waals surface area contributed by atoms with Gasteiger partial charge in [-0.3, -0.25) is 9.69 Å². The first kappa shape index (κ1) is 14.4. The van der Waals surface area contributed by atoms with Gasteiger partial charge in [0.1, 0.15) is 0 Å². The summed E-state index contributed by atoms with van der Waals surface area (Å²) in [5, 5.41) is 11.8. The van der Waals surface area contributed by atoms with Gasteiger partial charge in [-0.15, -0.1) is 0 Å². The minimum absolute atomic E-state index is 0.0413. The van der Waals surface area contributed by atoms with Crippen LogP contribution in [0.25, 0.3) is 0 Å². The van der Waals surface area contributed by atoms with Gasteiger partial charge in [0.05, 0.1) is 12.6 Å². The van der Waals surface area contributed by atoms with E-state index >= 15 is 0 Å². The van der Waals surface area contributed by atoms with Gasteiger partial charge in [0.2, 0.25) is 5.91 Å². The SMILES string of the molecule is CCC(C)NC(=O)C(C)N(CC)CCO. The number of carbonyl (C=O) groups excluding carboxylic acids is 1. The van der Waals surface area contributed by atoms with Gasteiger partial charge in [-0.2, -0.15) is 0 Å². The standard InChI is InChI=1S/C11H24N2O2/c1-5-9(3)12-11(15)10(4)13(6-2)7-8-14/h9-10,14H,5-8H2,1-4H3,(H,12,15). The number of likely N-dealkylation sites (N-methyl/N-ethyl adjacent to an activating group) is 1. The number of aliphatic hydroxyl groups excluding tert-OH is 1. The summed E-state index contributed by atoms with van der Waals surface area (Å²) in [4.78, 5) is 13.7. The Balaban J connectivity index is 4.15. The molecule has 4 heteroatoms. The van der Waals surface area contributed by atoms with Crippen LogP contribution in [0.5, 0.6) is 0 Å². The van der Waals surface area contributed by atoms with Gasteiger partial charge in [0.25, 0.3) is 0 Å². The highest BCUT2D eigenvalue weighted by atomic mass is 16.3. The topological polar surface area (TPSA) is 52.6 Å². The second kappa shape index (κ2) is 7.65. The summed E-state index contributed by atoms with van der Waals surface area (Å²) >= 11 is 0. The van der Waals surface area contributed by atoms with Gasteiger partial charge in [-0.25, -0.2) is 0 Å². The second-order valence-electron chi connectivity index (χ2n) is 3.85. The summed E-state index contributed by atoms with van der Waals surface area (Å²) in [6.45, 7) is 9.31. The van der Waals surface area contributed by atoms with Gasteiger partial charge in [0, 0.05) is 12.6 Å². The summed E-state index contributed by atoms with van der Waals surface area (Å²) in [6.07, 6.45) is 0.935. The van der Waals surface area contributed by atoms with Crippen LogP contribution in [0.1, 0.15) is 34.1 Å². The van der Waals surface area contributed by atoms with Gasteiger partial charge in [-0.05, 0) is 26.8 Å². The van der Waals surface area contributed by atoms with Crippen molar-refractivity contribution in [1.29, 1.82) is 0 Å². The third-order valence-corrected chi connectivity index (χ3v) is 2.72. The molecule has 0 aliphatic rings. The molecule has 2 N–H and O–H groups in total. The molecule has 2 unspecified atom stereocenters. The summed E-state index contributed by atoms with van der Waals surface area (Å²) in [5.74, 6) is 0.0413. The van der Waals surface area contributed by atoms with Crippen molar-refractivity contribution >= 4 is 5.91 Å². The van der Waals surface area contributed by atoms with Crippen molar-refractivity contribution in [2.75, 3.05) is 19.7 Å². The Morgan fingerprint density at radius 1 is 1.40 bits per heavy atom. The Morgan fingerprint density at radius 2 is 2.00 bits per heavy atom.